The number of likely N-dealkylation sites (N-methyl/N-ethyl adjacent to an activating group) is 1. The molecule has 0 fully saturated rings. The van der Waals surface area contributed by atoms with Crippen molar-refractivity contribution in [3.63, 3.8) is 0 Å². The quantitative estimate of drug-likeness (QED) is 0.869. The summed E-state index contributed by atoms with van der Waals surface area (Å²) in [6.07, 6.45) is 0.486. The van der Waals surface area contributed by atoms with Crippen LogP contribution in [0, 0.1) is 17.5 Å². The largest absolute Gasteiger partial charge is 0.313 e. The van der Waals surface area contributed by atoms with Gasteiger partial charge in [-0.3, -0.25) is 0 Å². The van der Waals surface area contributed by atoms with Crippen LogP contribution in [0.1, 0.15) is 17.2 Å². The predicted octanol–water partition coefficient (Wildman–Crippen LogP) is 4.37. The van der Waals surface area contributed by atoms with Crippen LogP contribution in [0.15, 0.2) is 40.9 Å². The van der Waals surface area contributed by atoms with Crippen LogP contribution in [0.5, 0.6) is 0 Å². The van der Waals surface area contributed by atoms with Gasteiger partial charge in [0.25, 0.3) is 0 Å². The van der Waals surface area contributed by atoms with E-state index in [0.717, 1.165) is 11.6 Å². The van der Waals surface area contributed by atoms with Gasteiger partial charge in [-0.2, -0.15) is 0 Å². The van der Waals surface area contributed by atoms with Crippen molar-refractivity contribution in [2.24, 2.45) is 0 Å². The van der Waals surface area contributed by atoms with E-state index in [1.165, 1.54) is 24.3 Å². The van der Waals surface area contributed by atoms with Crippen LogP contribution in [-0.4, -0.2) is 7.05 Å². The van der Waals surface area contributed by atoms with E-state index in [9.17, 15) is 13.2 Å². The monoisotopic (exact) mass is 343 g/mol. The Morgan fingerprint density at radius 1 is 1.00 bits per heavy atom. The van der Waals surface area contributed by atoms with Crippen molar-refractivity contribution in [1.29, 1.82) is 0 Å². The first-order chi connectivity index (χ1) is 9.49. The summed E-state index contributed by atoms with van der Waals surface area (Å²) in [5.41, 5.74) is 1.37. The molecule has 1 nitrogen and oxygen atoms in total. The van der Waals surface area contributed by atoms with E-state index in [1.54, 1.807) is 13.1 Å². The van der Waals surface area contributed by atoms with E-state index >= 15 is 0 Å². The van der Waals surface area contributed by atoms with Crippen LogP contribution in [0.3, 0.4) is 0 Å². The molecule has 0 heterocycles. The SMILES string of the molecule is CNC(Cc1ccc(F)cc1Br)c1cc(F)cc(F)c1. The Labute approximate surface area is 123 Å². The molecule has 2 aromatic rings. The molecule has 0 aliphatic carbocycles. The molecule has 2 rings (SSSR count). The van der Waals surface area contributed by atoms with Crippen molar-refractivity contribution >= 4 is 15.9 Å². The van der Waals surface area contributed by atoms with E-state index < -0.39 is 11.6 Å². The molecule has 0 saturated heterocycles. The molecule has 0 aliphatic rings. The van der Waals surface area contributed by atoms with Gasteiger partial charge >= 0.3 is 0 Å². The van der Waals surface area contributed by atoms with E-state index in [0.29, 0.717) is 16.5 Å². The topological polar surface area (TPSA) is 12.0 Å². The van der Waals surface area contributed by atoms with Gasteiger partial charge in [-0.1, -0.05) is 22.0 Å². The lowest BCUT2D eigenvalue weighted by atomic mass is 9.99. The molecule has 0 spiro atoms. The second kappa shape index (κ2) is 6.41. The van der Waals surface area contributed by atoms with Gasteiger partial charge in [0.05, 0.1) is 0 Å². The Balaban J connectivity index is 2.28. The van der Waals surface area contributed by atoms with Gasteiger partial charge in [-0.15, -0.1) is 0 Å². The van der Waals surface area contributed by atoms with Crippen molar-refractivity contribution in [3.05, 3.63) is 69.4 Å². The Hall–Kier alpha value is -1.33. The predicted molar refractivity (Wildman–Crippen MR) is 76.0 cm³/mol. The maximum atomic E-state index is 13.3. The first-order valence-corrected chi connectivity index (χ1v) is 6.86. The average Bonchev–Trinajstić information content (AvgIpc) is 2.36. The third-order valence-corrected chi connectivity index (χ3v) is 3.81. The Morgan fingerprint density at radius 3 is 2.20 bits per heavy atom. The van der Waals surface area contributed by atoms with Crippen LogP contribution >= 0.6 is 15.9 Å². The summed E-state index contributed by atoms with van der Waals surface area (Å²) in [6.45, 7) is 0. The molecule has 1 unspecified atom stereocenters. The lowest BCUT2D eigenvalue weighted by Crippen LogP contribution is -2.19. The van der Waals surface area contributed by atoms with Gasteiger partial charge in [0, 0.05) is 16.6 Å². The summed E-state index contributed by atoms with van der Waals surface area (Å²) in [5, 5.41) is 3.02. The van der Waals surface area contributed by atoms with E-state index in [-0.39, 0.29) is 11.9 Å². The van der Waals surface area contributed by atoms with Gasteiger partial charge in [0.15, 0.2) is 0 Å². The zero-order chi connectivity index (χ0) is 14.7. The molecule has 20 heavy (non-hydrogen) atoms. The number of benzene rings is 2. The maximum absolute atomic E-state index is 13.3. The molecular weight excluding hydrogens is 331 g/mol. The van der Waals surface area contributed by atoms with Gasteiger partial charge in [0.1, 0.15) is 17.5 Å². The van der Waals surface area contributed by atoms with E-state index in [4.69, 9.17) is 0 Å². The number of halogens is 4. The van der Waals surface area contributed by atoms with E-state index in [2.05, 4.69) is 21.2 Å². The number of nitrogens with one attached hydrogen (secondary N) is 1. The molecule has 0 aliphatic heterocycles. The first kappa shape index (κ1) is 15.1. The van der Waals surface area contributed by atoms with Crippen molar-refractivity contribution in [1.82, 2.24) is 5.32 Å². The lowest BCUT2D eigenvalue weighted by Gasteiger charge is -2.18. The number of hydrogen-bond donors (Lipinski definition) is 1. The molecule has 0 radical (unpaired) electrons. The highest BCUT2D eigenvalue weighted by Gasteiger charge is 2.14. The van der Waals surface area contributed by atoms with Crippen LogP contribution < -0.4 is 5.32 Å². The smallest absolute Gasteiger partial charge is 0.126 e. The fraction of sp³-hybridized carbons (Fsp3) is 0.200. The van der Waals surface area contributed by atoms with Crippen molar-refractivity contribution in [2.75, 3.05) is 7.05 Å². The minimum atomic E-state index is -0.613. The highest BCUT2D eigenvalue weighted by atomic mass is 79.9. The van der Waals surface area contributed by atoms with Crippen LogP contribution in [0.4, 0.5) is 13.2 Å². The Morgan fingerprint density at radius 2 is 1.65 bits per heavy atom. The molecule has 2 aromatic carbocycles. The summed E-state index contributed by atoms with van der Waals surface area (Å²) in [6, 6.07) is 7.54. The third kappa shape index (κ3) is 3.61. The van der Waals surface area contributed by atoms with Crippen molar-refractivity contribution < 1.29 is 13.2 Å². The minimum absolute atomic E-state index is 0.262. The highest BCUT2D eigenvalue weighted by Crippen LogP contribution is 2.25. The normalized spacial score (nSPS) is 12.4. The average molecular weight is 344 g/mol. The Kier molecular flexibility index (Phi) is 4.83. The maximum Gasteiger partial charge on any atom is 0.126 e. The third-order valence-electron chi connectivity index (χ3n) is 3.07. The summed E-state index contributed by atoms with van der Waals surface area (Å²) < 4.78 is 40.2. The molecule has 5 heteroatoms. The second-order valence-electron chi connectivity index (χ2n) is 4.48. The first-order valence-electron chi connectivity index (χ1n) is 6.07. The summed E-state index contributed by atoms with van der Waals surface area (Å²) >= 11 is 3.29. The molecule has 0 amide bonds. The van der Waals surface area contributed by atoms with E-state index in [1.807, 2.05) is 0 Å². The standard InChI is InChI=1S/C15H13BrF3N/c1-20-15(10-4-12(18)7-13(19)5-10)6-9-2-3-11(17)8-14(9)16/h2-5,7-8,15,20H,6H2,1H3. The summed E-state index contributed by atoms with van der Waals surface area (Å²) in [7, 11) is 1.71. The fourth-order valence-corrected chi connectivity index (χ4v) is 2.58. The molecule has 0 saturated carbocycles. The number of hydrogen-bond acceptors (Lipinski definition) is 1. The fourth-order valence-electron chi connectivity index (χ4n) is 2.07. The molecule has 106 valence electrons. The van der Waals surface area contributed by atoms with Crippen LogP contribution in [0.25, 0.3) is 0 Å². The minimum Gasteiger partial charge on any atom is -0.313 e. The molecule has 0 bridgehead atoms. The highest BCUT2D eigenvalue weighted by molar-refractivity contribution is 9.10. The Bertz CT molecular complexity index is 596. The van der Waals surface area contributed by atoms with Crippen molar-refractivity contribution in [2.45, 2.75) is 12.5 Å². The van der Waals surface area contributed by atoms with Crippen LogP contribution in [0.2, 0.25) is 0 Å². The molecule has 0 aromatic heterocycles. The second-order valence-corrected chi connectivity index (χ2v) is 5.34. The van der Waals surface area contributed by atoms with Crippen molar-refractivity contribution in [3.8, 4) is 0 Å². The van der Waals surface area contributed by atoms with Crippen LogP contribution in [-0.2, 0) is 6.42 Å². The van der Waals surface area contributed by atoms with Gasteiger partial charge < -0.3 is 5.32 Å². The van der Waals surface area contributed by atoms with Gasteiger partial charge in [0.2, 0.25) is 0 Å². The molecule has 1 atom stereocenters. The number of rotatable bonds is 4. The van der Waals surface area contributed by atoms with Gasteiger partial charge in [-0.25, -0.2) is 13.2 Å². The summed E-state index contributed by atoms with van der Waals surface area (Å²) in [4.78, 5) is 0. The summed E-state index contributed by atoms with van der Waals surface area (Å²) in [5.74, 6) is -1.56. The zero-order valence-corrected chi connectivity index (χ0v) is 12.3. The molecule has 1 N–H and O–H groups in total. The lowest BCUT2D eigenvalue weighted by molar-refractivity contribution is 0.550. The zero-order valence-electron chi connectivity index (χ0n) is 10.8. The van der Waals surface area contributed by atoms with Gasteiger partial charge in [-0.05, 0) is 48.9 Å². The molecular formula is C15H13BrF3N.